The minimum Gasteiger partial charge on any atom is -0.310 e. The number of rotatable bonds is 3. The van der Waals surface area contributed by atoms with Gasteiger partial charge < -0.3 is 9.47 Å². The number of carbonyl (C=O) groups is 1. The van der Waals surface area contributed by atoms with E-state index in [4.69, 9.17) is 0 Å². The summed E-state index contributed by atoms with van der Waals surface area (Å²) in [5.41, 5.74) is 2.85. The number of nitrogens with zero attached hydrogens (tertiary/aromatic N) is 2. The smallest absolute Gasteiger partial charge is 0.260 e. The van der Waals surface area contributed by atoms with Crippen LogP contribution in [0.3, 0.4) is 0 Å². The standard InChI is InChI=1S/C23H21FN2O2/c1-16-7-8-18-13-20(24)10-11-21(18)26(16)23(28)19-9-12-22(27)25(15-19)14-17-5-3-2-4-6-17/h2-6,9-13,15-16H,7-8,14H2,1H3/t16-/m1/s1. The summed E-state index contributed by atoms with van der Waals surface area (Å²) in [4.78, 5) is 27.3. The van der Waals surface area contributed by atoms with Gasteiger partial charge in [0.25, 0.3) is 11.5 Å². The number of benzene rings is 2. The largest absolute Gasteiger partial charge is 0.310 e. The van der Waals surface area contributed by atoms with Crippen LogP contribution in [-0.4, -0.2) is 16.5 Å². The molecule has 4 nitrogen and oxygen atoms in total. The number of pyridine rings is 1. The Morgan fingerprint density at radius 3 is 2.68 bits per heavy atom. The number of amides is 1. The van der Waals surface area contributed by atoms with Crippen molar-refractivity contribution in [1.82, 2.24) is 4.57 Å². The van der Waals surface area contributed by atoms with Crippen molar-refractivity contribution < 1.29 is 9.18 Å². The second-order valence-corrected chi connectivity index (χ2v) is 7.21. The van der Waals surface area contributed by atoms with Crippen molar-refractivity contribution in [2.45, 2.75) is 32.4 Å². The van der Waals surface area contributed by atoms with Gasteiger partial charge in [-0.3, -0.25) is 9.59 Å². The lowest BCUT2D eigenvalue weighted by Gasteiger charge is -2.35. The number of hydrogen-bond donors (Lipinski definition) is 0. The van der Waals surface area contributed by atoms with Crippen LogP contribution in [0.4, 0.5) is 10.1 Å². The van der Waals surface area contributed by atoms with Crippen molar-refractivity contribution in [3.63, 3.8) is 0 Å². The highest BCUT2D eigenvalue weighted by Crippen LogP contribution is 2.32. The topological polar surface area (TPSA) is 42.3 Å². The highest BCUT2D eigenvalue weighted by molar-refractivity contribution is 6.07. The monoisotopic (exact) mass is 376 g/mol. The second kappa shape index (κ2) is 7.43. The third-order valence-corrected chi connectivity index (χ3v) is 5.22. The molecule has 0 fully saturated rings. The van der Waals surface area contributed by atoms with E-state index in [2.05, 4.69) is 0 Å². The van der Waals surface area contributed by atoms with E-state index in [-0.39, 0.29) is 23.3 Å². The van der Waals surface area contributed by atoms with Crippen molar-refractivity contribution in [2.75, 3.05) is 4.90 Å². The lowest BCUT2D eigenvalue weighted by Crippen LogP contribution is -2.42. The van der Waals surface area contributed by atoms with Gasteiger partial charge in [0.15, 0.2) is 0 Å². The molecule has 0 aliphatic carbocycles. The summed E-state index contributed by atoms with van der Waals surface area (Å²) in [5, 5.41) is 0. The molecule has 2 aromatic carbocycles. The average Bonchev–Trinajstić information content (AvgIpc) is 2.70. The summed E-state index contributed by atoms with van der Waals surface area (Å²) in [5.74, 6) is -0.473. The molecule has 5 heteroatoms. The zero-order chi connectivity index (χ0) is 19.7. The molecule has 1 aliphatic heterocycles. The number of aromatic nitrogens is 1. The molecule has 1 aromatic heterocycles. The van der Waals surface area contributed by atoms with E-state index in [0.29, 0.717) is 12.1 Å². The summed E-state index contributed by atoms with van der Waals surface area (Å²) in [6.07, 6.45) is 3.12. The van der Waals surface area contributed by atoms with Gasteiger partial charge in [0.05, 0.1) is 12.1 Å². The van der Waals surface area contributed by atoms with Crippen LogP contribution >= 0.6 is 0 Å². The summed E-state index contributed by atoms with van der Waals surface area (Å²) >= 11 is 0. The zero-order valence-corrected chi connectivity index (χ0v) is 15.6. The third-order valence-electron chi connectivity index (χ3n) is 5.22. The van der Waals surface area contributed by atoms with Gasteiger partial charge in [0.2, 0.25) is 0 Å². The first kappa shape index (κ1) is 18.2. The summed E-state index contributed by atoms with van der Waals surface area (Å²) in [6.45, 7) is 2.39. The molecule has 1 atom stereocenters. The Labute approximate surface area is 162 Å². The van der Waals surface area contributed by atoms with Gasteiger partial charge in [-0.05, 0) is 55.2 Å². The van der Waals surface area contributed by atoms with Crippen molar-refractivity contribution in [3.8, 4) is 0 Å². The third kappa shape index (κ3) is 3.48. The Morgan fingerprint density at radius 1 is 1.11 bits per heavy atom. The predicted molar refractivity (Wildman–Crippen MR) is 107 cm³/mol. The molecule has 0 bridgehead atoms. The van der Waals surface area contributed by atoms with Crippen LogP contribution < -0.4 is 10.5 Å². The number of fused-ring (bicyclic) bond motifs is 1. The molecular weight excluding hydrogens is 355 g/mol. The van der Waals surface area contributed by atoms with Crippen LogP contribution in [0.2, 0.25) is 0 Å². The predicted octanol–water partition coefficient (Wildman–Crippen LogP) is 4.02. The summed E-state index contributed by atoms with van der Waals surface area (Å²) in [7, 11) is 0. The fraction of sp³-hybridized carbons (Fsp3) is 0.217. The van der Waals surface area contributed by atoms with Crippen LogP contribution in [-0.2, 0) is 13.0 Å². The Bertz CT molecular complexity index is 1080. The molecule has 0 unspecified atom stereocenters. The number of halogens is 1. The number of aryl methyl sites for hydroxylation is 1. The van der Waals surface area contributed by atoms with Crippen molar-refractivity contribution >= 4 is 11.6 Å². The van der Waals surface area contributed by atoms with Crippen LogP contribution in [0.1, 0.15) is 34.8 Å². The Balaban J connectivity index is 1.69. The lowest BCUT2D eigenvalue weighted by atomic mass is 9.95. The highest BCUT2D eigenvalue weighted by Gasteiger charge is 2.29. The first-order chi connectivity index (χ1) is 13.5. The number of carbonyl (C=O) groups excluding carboxylic acids is 1. The van der Waals surface area contributed by atoms with Crippen molar-refractivity contribution in [3.05, 3.63) is 99.7 Å². The molecule has 2 heterocycles. The minimum absolute atomic E-state index is 0.0000346. The maximum Gasteiger partial charge on any atom is 0.260 e. The minimum atomic E-state index is -0.294. The quantitative estimate of drug-likeness (QED) is 0.693. The number of anilines is 1. The lowest BCUT2D eigenvalue weighted by molar-refractivity contribution is 0.0974. The fourth-order valence-electron chi connectivity index (χ4n) is 3.73. The molecule has 3 aromatic rings. The highest BCUT2D eigenvalue weighted by atomic mass is 19.1. The molecule has 0 saturated heterocycles. The van der Waals surface area contributed by atoms with Crippen molar-refractivity contribution in [1.29, 1.82) is 0 Å². The van der Waals surface area contributed by atoms with Crippen molar-refractivity contribution in [2.24, 2.45) is 0 Å². The van der Waals surface area contributed by atoms with E-state index >= 15 is 0 Å². The first-order valence-electron chi connectivity index (χ1n) is 9.39. The molecule has 0 spiro atoms. The fourth-order valence-corrected chi connectivity index (χ4v) is 3.73. The molecule has 142 valence electrons. The van der Waals surface area contributed by atoms with Gasteiger partial charge >= 0.3 is 0 Å². The Kier molecular flexibility index (Phi) is 4.82. The average molecular weight is 376 g/mol. The maximum absolute atomic E-state index is 13.6. The van der Waals surface area contributed by atoms with Crippen LogP contribution in [0.15, 0.2) is 71.7 Å². The van der Waals surface area contributed by atoms with Crippen LogP contribution in [0, 0.1) is 5.82 Å². The van der Waals surface area contributed by atoms with E-state index in [1.165, 1.54) is 18.2 Å². The summed E-state index contributed by atoms with van der Waals surface area (Å²) in [6, 6.07) is 17.2. The van der Waals surface area contributed by atoms with E-state index in [9.17, 15) is 14.0 Å². The Morgan fingerprint density at radius 2 is 1.89 bits per heavy atom. The summed E-state index contributed by atoms with van der Waals surface area (Å²) < 4.78 is 15.2. The van der Waals surface area contributed by atoms with E-state index < -0.39 is 0 Å². The van der Waals surface area contributed by atoms with Gasteiger partial charge in [-0.1, -0.05) is 30.3 Å². The van der Waals surface area contributed by atoms with Crippen LogP contribution in [0.5, 0.6) is 0 Å². The van der Waals surface area contributed by atoms with Gasteiger partial charge in [-0.25, -0.2) is 4.39 Å². The van der Waals surface area contributed by atoms with Gasteiger partial charge in [-0.2, -0.15) is 0 Å². The zero-order valence-electron chi connectivity index (χ0n) is 15.6. The van der Waals surface area contributed by atoms with E-state index in [1.54, 1.807) is 27.8 Å². The second-order valence-electron chi connectivity index (χ2n) is 7.21. The van der Waals surface area contributed by atoms with Gasteiger partial charge in [0.1, 0.15) is 5.82 Å². The first-order valence-corrected chi connectivity index (χ1v) is 9.39. The van der Waals surface area contributed by atoms with E-state index in [0.717, 1.165) is 29.7 Å². The van der Waals surface area contributed by atoms with E-state index in [1.807, 2.05) is 37.3 Å². The normalized spacial score (nSPS) is 15.9. The molecule has 28 heavy (non-hydrogen) atoms. The molecular formula is C23H21FN2O2. The Hall–Kier alpha value is -3.21. The number of hydrogen-bond acceptors (Lipinski definition) is 2. The SMILES string of the molecule is C[C@@H]1CCc2cc(F)ccc2N1C(=O)c1ccc(=O)n(Cc2ccccc2)c1. The molecule has 0 N–H and O–H groups in total. The van der Waals surface area contributed by atoms with Gasteiger partial charge in [0, 0.05) is 24.0 Å². The molecule has 0 radical (unpaired) electrons. The maximum atomic E-state index is 13.6. The van der Waals surface area contributed by atoms with Gasteiger partial charge in [-0.15, -0.1) is 0 Å². The molecule has 1 aliphatic rings. The van der Waals surface area contributed by atoms with Crippen LogP contribution in [0.25, 0.3) is 0 Å². The molecule has 4 rings (SSSR count). The molecule has 0 saturated carbocycles. The molecule has 1 amide bonds.